The zero-order chi connectivity index (χ0) is 14.7. The molecule has 108 valence electrons. The van der Waals surface area contributed by atoms with Crippen LogP contribution in [0.5, 0.6) is 5.75 Å². The first-order valence-electron chi connectivity index (χ1n) is 6.23. The van der Waals surface area contributed by atoms with Crippen molar-refractivity contribution >= 4 is 27.3 Å². The van der Waals surface area contributed by atoms with Crippen LogP contribution in [0.25, 0.3) is 10.7 Å². The zero-order valence-corrected chi connectivity index (χ0v) is 13.3. The fraction of sp³-hybridized carbons (Fsp3) is 0.143. The molecule has 5 nitrogen and oxygen atoms in total. The van der Waals surface area contributed by atoms with E-state index in [0.29, 0.717) is 19.0 Å². The van der Waals surface area contributed by atoms with Gasteiger partial charge in [-0.2, -0.15) is 0 Å². The highest BCUT2D eigenvalue weighted by Crippen LogP contribution is 2.22. The van der Waals surface area contributed by atoms with Crippen LogP contribution in [-0.4, -0.2) is 16.3 Å². The Balaban J connectivity index is 1.71. The third-order valence-electron chi connectivity index (χ3n) is 2.81. The maximum absolute atomic E-state index is 11.7. The molecule has 3 aromatic rings. The third kappa shape index (κ3) is 3.25. The molecule has 0 N–H and O–H groups in total. The molecule has 7 heteroatoms. The highest BCUT2D eigenvalue weighted by Gasteiger charge is 2.13. The van der Waals surface area contributed by atoms with Crippen molar-refractivity contribution in [2.45, 2.75) is 6.54 Å². The van der Waals surface area contributed by atoms with E-state index in [9.17, 15) is 4.79 Å². The summed E-state index contributed by atoms with van der Waals surface area (Å²) >= 11 is 4.89. The second-order valence-electron chi connectivity index (χ2n) is 4.21. The number of thiophene rings is 1. The minimum Gasteiger partial charge on any atom is -0.492 e. The van der Waals surface area contributed by atoms with Gasteiger partial charge in [-0.15, -0.1) is 11.3 Å². The molecule has 0 saturated heterocycles. The van der Waals surface area contributed by atoms with Crippen LogP contribution >= 0.6 is 27.3 Å². The Kier molecular flexibility index (Phi) is 4.21. The fourth-order valence-electron chi connectivity index (χ4n) is 1.86. The van der Waals surface area contributed by atoms with Crippen LogP contribution in [0, 0.1) is 0 Å². The molecule has 0 aliphatic heterocycles. The summed E-state index contributed by atoms with van der Waals surface area (Å²) in [5, 5.41) is 5.75. The van der Waals surface area contributed by atoms with Crippen LogP contribution in [0.3, 0.4) is 0 Å². The Morgan fingerprint density at radius 2 is 2.24 bits per heavy atom. The van der Waals surface area contributed by atoms with E-state index in [2.05, 4.69) is 21.1 Å². The minimum atomic E-state index is -0.476. The van der Waals surface area contributed by atoms with Gasteiger partial charge in [0.05, 0.1) is 11.4 Å². The average molecular weight is 367 g/mol. The molecule has 0 saturated carbocycles. The van der Waals surface area contributed by atoms with Crippen LogP contribution in [0.2, 0.25) is 0 Å². The van der Waals surface area contributed by atoms with Gasteiger partial charge in [0.2, 0.25) is 0 Å². The first-order chi connectivity index (χ1) is 10.2. The van der Waals surface area contributed by atoms with Crippen LogP contribution < -0.4 is 10.5 Å². The summed E-state index contributed by atoms with van der Waals surface area (Å²) < 4.78 is 12.8. The van der Waals surface area contributed by atoms with Crippen molar-refractivity contribution in [3.05, 3.63) is 56.8 Å². The summed E-state index contributed by atoms with van der Waals surface area (Å²) in [6, 6.07) is 11.3. The molecule has 0 aliphatic carbocycles. The molecule has 21 heavy (non-hydrogen) atoms. The highest BCUT2D eigenvalue weighted by atomic mass is 79.9. The van der Waals surface area contributed by atoms with Gasteiger partial charge < -0.3 is 4.74 Å². The number of nitrogens with zero attached hydrogens (tertiary/aromatic N) is 2. The lowest BCUT2D eigenvalue weighted by atomic mass is 10.3. The van der Waals surface area contributed by atoms with Crippen LogP contribution in [0.15, 0.2) is 55.6 Å². The normalized spacial score (nSPS) is 10.7. The molecule has 0 aliphatic rings. The molecule has 0 unspecified atom stereocenters. The Bertz CT molecular complexity index is 780. The molecule has 0 atom stereocenters. The molecule has 2 aromatic heterocycles. The van der Waals surface area contributed by atoms with E-state index < -0.39 is 5.76 Å². The van der Waals surface area contributed by atoms with Crippen molar-refractivity contribution in [2.75, 3.05) is 6.61 Å². The monoisotopic (exact) mass is 366 g/mol. The fourth-order valence-corrected chi connectivity index (χ4v) is 2.95. The van der Waals surface area contributed by atoms with E-state index in [1.807, 2.05) is 41.8 Å². The Morgan fingerprint density at radius 1 is 1.33 bits per heavy atom. The smallest absolute Gasteiger partial charge is 0.442 e. The lowest BCUT2D eigenvalue weighted by Crippen LogP contribution is -2.19. The molecule has 2 heterocycles. The van der Waals surface area contributed by atoms with Gasteiger partial charge in [0, 0.05) is 4.47 Å². The number of hydrogen-bond acceptors (Lipinski definition) is 5. The summed E-state index contributed by atoms with van der Waals surface area (Å²) in [5.41, 5.74) is 0. The van der Waals surface area contributed by atoms with Crippen molar-refractivity contribution < 1.29 is 9.26 Å². The Morgan fingerprint density at radius 3 is 3.00 bits per heavy atom. The second kappa shape index (κ2) is 6.28. The van der Waals surface area contributed by atoms with Gasteiger partial charge in [-0.05, 0) is 29.6 Å². The van der Waals surface area contributed by atoms with E-state index >= 15 is 0 Å². The third-order valence-corrected chi connectivity index (χ3v) is 4.17. The summed E-state index contributed by atoms with van der Waals surface area (Å²) in [7, 11) is 0. The number of aromatic nitrogens is 2. The van der Waals surface area contributed by atoms with Gasteiger partial charge in [-0.3, -0.25) is 9.09 Å². The number of rotatable bonds is 5. The van der Waals surface area contributed by atoms with Gasteiger partial charge >= 0.3 is 5.76 Å². The standard InChI is InChI=1S/C14H11BrN2O3S/c15-10-3-1-4-11(9-10)19-7-6-17-13(16-20-14(17)18)12-5-2-8-21-12/h1-5,8-9H,6-7H2. The lowest BCUT2D eigenvalue weighted by Gasteiger charge is -2.07. The van der Waals surface area contributed by atoms with Crippen molar-refractivity contribution in [3.8, 4) is 16.5 Å². The number of halogens is 1. The first-order valence-corrected chi connectivity index (χ1v) is 7.90. The molecule has 1 aromatic carbocycles. The van der Waals surface area contributed by atoms with Gasteiger partial charge in [-0.1, -0.05) is 33.2 Å². The van der Waals surface area contributed by atoms with Gasteiger partial charge in [-0.25, -0.2) is 4.79 Å². The van der Waals surface area contributed by atoms with Gasteiger partial charge in [0.15, 0.2) is 5.82 Å². The van der Waals surface area contributed by atoms with Crippen molar-refractivity contribution in [1.29, 1.82) is 0 Å². The summed E-state index contributed by atoms with van der Waals surface area (Å²) in [6.07, 6.45) is 0. The topological polar surface area (TPSA) is 57.3 Å². The predicted octanol–water partition coefficient (Wildman–Crippen LogP) is 3.41. The maximum atomic E-state index is 11.7. The molecule has 0 bridgehead atoms. The Labute approximate surface area is 132 Å². The van der Waals surface area contributed by atoms with E-state index in [4.69, 9.17) is 9.26 Å². The number of hydrogen-bond donors (Lipinski definition) is 0. The van der Waals surface area contributed by atoms with Gasteiger partial charge in [0.1, 0.15) is 12.4 Å². The minimum absolute atomic E-state index is 0.357. The first kappa shape index (κ1) is 14.1. The molecule has 0 fully saturated rings. The molecular weight excluding hydrogens is 356 g/mol. The van der Waals surface area contributed by atoms with Crippen molar-refractivity contribution in [2.24, 2.45) is 0 Å². The SMILES string of the molecule is O=c1onc(-c2cccs2)n1CCOc1cccc(Br)c1. The molecule has 0 amide bonds. The van der Waals surface area contributed by atoms with E-state index in [1.54, 1.807) is 0 Å². The van der Waals surface area contributed by atoms with E-state index in [-0.39, 0.29) is 0 Å². The van der Waals surface area contributed by atoms with Gasteiger partial charge in [0.25, 0.3) is 0 Å². The second-order valence-corrected chi connectivity index (χ2v) is 6.07. The number of ether oxygens (including phenoxy) is 1. The molecular formula is C14H11BrN2O3S. The van der Waals surface area contributed by atoms with Crippen molar-refractivity contribution in [3.63, 3.8) is 0 Å². The maximum Gasteiger partial charge on any atom is 0.442 e. The largest absolute Gasteiger partial charge is 0.492 e. The number of benzene rings is 1. The lowest BCUT2D eigenvalue weighted by molar-refractivity contribution is 0.290. The van der Waals surface area contributed by atoms with E-state index in [0.717, 1.165) is 15.1 Å². The molecule has 0 radical (unpaired) electrons. The average Bonchev–Trinajstić information content (AvgIpc) is 3.09. The Hall–Kier alpha value is -1.86. The predicted molar refractivity (Wildman–Crippen MR) is 83.7 cm³/mol. The van der Waals surface area contributed by atoms with Crippen LogP contribution in [0.4, 0.5) is 0 Å². The van der Waals surface area contributed by atoms with Crippen LogP contribution in [-0.2, 0) is 6.54 Å². The molecule has 3 rings (SSSR count). The quantitative estimate of drug-likeness (QED) is 0.694. The van der Waals surface area contributed by atoms with E-state index in [1.165, 1.54) is 15.9 Å². The summed E-state index contributed by atoms with van der Waals surface area (Å²) in [5.74, 6) is 0.802. The van der Waals surface area contributed by atoms with Crippen molar-refractivity contribution in [1.82, 2.24) is 9.72 Å². The highest BCUT2D eigenvalue weighted by molar-refractivity contribution is 9.10. The van der Waals surface area contributed by atoms with Crippen LogP contribution in [0.1, 0.15) is 0 Å². The zero-order valence-electron chi connectivity index (χ0n) is 10.9. The summed E-state index contributed by atoms with van der Waals surface area (Å²) in [4.78, 5) is 12.6. The summed E-state index contributed by atoms with van der Waals surface area (Å²) in [6.45, 7) is 0.734. The molecule has 0 spiro atoms.